The maximum Gasteiger partial charge on any atom is 0.0582 e. The highest BCUT2D eigenvalue weighted by Gasteiger charge is 2.10. The molecule has 1 rings (SSSR count). The molecule has 0 saturated heterocycles. The quantitative estimate of drug-likeness (QED) is 0.794. The Bertz CT molecular complexity index is 322. The fraction of sp³-hybridized carbons (Fsp3) is 0.538. The maximum absolute atomic E-state index is 8.98. The zero-order valence-electron chi connectivity index (χ0n) is 10.0. The smallest absolute Gasteiger partial charge is 0.0582 e. The van der Waals surface area contributed by atoms with E-state index in [2.05, 4.69) is 44.3 Å². The van der Waals surface area contributed by atoms with E-state index in [-0.39, 0.29) is 18.7 Å². The molecule has 0 aliphatic rings. The Hall–Kier alpha value is -0.860. The molecule has 0 heterocycles. The SMILES string of the molecule is Cc1ccc(C(C)NC(C)CO)c(C)c1. The third kappa shape index (κ3) is 3.33. The second-order valence-electron chi connectivity index (χ2n) is 4.33. The molecule has 1 aromatic rings. The summed E-state index contributed by atoms with van der Waals surface area (Å²) in [7, 11) is 0. The van der Waals surface area contributed by atoms with Crippen molar-refractivity contribution in [1.29, 1.82) is 0 Å². The van der Waals surface area contributed by atoms with E-state index in [9.17, 15) is 0 Å². The number of aliphatic hydroxyl groups is 1. The molecule has 0 spiro atoms. The van der Waals surface area contributed by atoms with Gasteiger partial charge in [-0.2, -0.15) is 0 Å². The zero-order valence-corrected chi connectivity index (χ0v) is 10.0. The van der Waals surface area contributed by atoms with Crippen LogP contribution in [0.2, 0.25) is 0 Å². The first-order valence-electron chi connectivity index (χ1n) is 5.48. The van der Waals surface area contributed by atoms with Crippen LogP contribution in [0.5, 0.6) is 0 Å². The Balaban J connectivity index is 2.77. The molecule has 2 nitrogen and oxygen atoms in total. The summed E-state index contributed by atoms with van der Waals surface area (Å²) in [6.07, 6.45) is 0. The van der Waals surface area contributed by atoms with Gasteiger partial charge in [0, 0.05) is 12.1 Å². The van der Waals surface area contributed by atoms with Gasteiger partial charge in [-0.05, 0) is 38.8 Å². The molecule has 0 aliphatic heterocycles. The molecule has 0 bridgehead atoms. The van der Waals surface area contributed by atoms with Gasteiger partial charge in [-0.1, -0.05) is 23.8 Å². The van der Waals surface area contributed by atoms with Crippen LogP contribution < -0.4 is 5.32 Å². The van der Waals surface area contributed by atoms with Gasteiger partial charge in [-0.25, -0.2) is 0 Å². The fourth-order valence-electron chi connectivity index (χ4n) is 1.88. The molecule has 15 heavy (non-hydrogen) atoms. The molecule has 1 aromatic carbocycles. The van der Waals surface area contributed by atoms with E-state index in [0.717, 1.165) is 0 Å². The molecule has 0 fully saturated rings. The Morgan fingerprint density at radius 2 is 1.93 bits per heavy atom. The lowest BCUT2D eigenvalue weighted by molar-refractivity contribution is 0.243. The van der Waals surface area contributed by atoms with Gasteiger partial charge in [0.2, 0.25) is 0 Å². The second-order valence-corrected chi connectivity index (χ2v) is 4.33. The van der Waals surface area contributed by atoms with E-state index >= 15 is 0 Å². The summed E-state index contributed by atoms with van der Waals surface area (Å²) >= 11 is 0. The third-order valence-electron chi connectivity index (χ3n) is 2.70. The third-order valence-corrected chi connectivity index (χ3v) is 2.70. The van der Waals surface area contributed by atoms with Gasteiger partial charge in [0.25, 0.3) is 0 Å². The number of hydrogen-bond donors (Lipinski definition) is 2. The normalized spacial score (nSPS) is 15.0. The van der Waals surface area contributed by atoms with Crippen molar-refractivity contribution in [2.75, 3.05) is 6.61 Å². The van der Waals surface area contributed by atoms with Crippen LogP contribution in [0.15, 0.2) is 18.2 Å². The van der Waals surface area contributed by atoms with Crippen LogP contribution in [0, 0.1) is 13.8 Å². The number of aryl methyl sites for hydroxylation is 2. The van der Waals surface area contributed by atoms with Crippen molar-refractivity contribution < 1.29 is 5.11 Å². The number of rotatable bonds is 4. The first kappa shape index (κ1) is 12.2. The molecule has 0 aliphatic carbocycles. The molecular formula is C13H21NO. The van der Waals surface area contributed by atoms with E-state index in [1.165, 1.54) is 16.7 Å². The van der Waals surface area contributed by atoms with Crippen molar-refractivity contribution in [3.8, 4) is 0 Å². The minimum atomic E-state index is 0.140. The number of aliphatic hydroxyl groups excluding tert-OH is 1. The van der Waals surface area contributed by atoms with Crippen LogP contribution in [0.1, 0.15) is 36.6 Å². The molecule has 2 N–H and O–H groups in total. The molecule has 0 saturated carbocycles. The first-order valence-corrected chi connectivity index (χ1v) is 5.48. The molecule has 2 heteroatoms. The molecule has 2 atom stereocenters. The predicted octanol–water partition coefficient (Wildman–Crippen LogP) is 2.33. The topological polar surface area (TPSA) is 32.3 Å². The average molecular weight is 207 g/mol. The highest BCUT2D eigenvalue weighted by molar-refractivity contribution is 5.32. The summed E-state index contributed by atoms with van der Waals surface area (Å²) in [5.41, 5.74) is 3.90. The molecule has 0 radical (unpaired) electrons. The Labute approximate surface area is 92.3 Å². The molecular weight excluding hydrogens is 186 g/mol. The van der Waals surface area contributed by atoms with Crippen LogP contribution in [-0.4, -0.2) is 17.8 Å². The van der Waals surface area contributed by atoms with Gasteiger partial charge in [-0.3, -0.25) is 0 Å². The van der Waals surface area contributed by atoms with Crippen molar-refractivity contribution in [3.63, 3.8) is 0 Å². The van der Waals surface area contributed by atoms with Crippen molar-refractivity contribution in [2.45, 2.75) is 39.8 Å². The highest BCUT2D eigenvalue weighted by atomic mass is 16.3. The summed E-state index contributed by atoms with van der Waals surface area (Å²) in [5, 5.41) is 12.3. The van der Waals surface area contributed by atoms with Crippen LogP contribution in [0.25, 0.3) is 0 Å². The predicted molar refractivity (Wildman–Crippen MR) is 64.0 cm³/mol. The van der Waals surface area contributed by atoms with Gasteiger partial charge >= 0.3 is 0 Å². The summed E-state index contributed by atoms with van der Waals surface area (Å²) in [6, 6.07) is 6.90. The second kappa shape index (κ2) is 5.29. The largest absolute Gasteiger partial charge is 0.395 e. The van der Waals surface area contributed by atoms with Crippen molar-refractivity contribution >= 4 is 0 Å². The summed E-state index contributed by atoms with van der Waals surface area (Å²) < 4.78 is 0. The van der Waals surface area contributed by atoms with E-state index in [1.807, 2.05) is 6.92 Å². The van der Waals surface area contributed by atoms with E-state index in [0.29, 0.717) is 0 Å². The van der Waals surface area contributed by atoms with Crippen molar-refractivity contribution in [2.24, 2.45) is 0 Å². The summed E-state index contributed by atoms with van der Waals surface area (Å²) in [4.78, 5) is 0. The van der Waals surface area contributed by atoms with Gasteiger partial charge < -0.3 is 10.4 Å². The molecule has 0 aromatic heterocycles. The lowest BCUT2D eigenvalue weighted by Crippen LogP contribution is -2.32. The molecule has 2 unspecified atom stereocenters. The first-order chi connectivity index (χ1) is 7.04. The zero-order chi connectivity index (χ0) is 11.4. The number of hydrogen-bond acceptors (Lipinski definition) is 2. The van der Waals surface area contributed by atoms with Crippen LogP contribution >= 0.6 is 0 Å². The van der Waals surface area contributed by atoms with Gasteiger partial charge in [-0.15, -0.1) is 0 Å². The number of nitrogens with one attached hydrogen (secondary N) is 1. The minimum Gasteiger partial charge on any atom is -0.395 e. The Morgan fingerprint density at radius 1 is 1.27 bits per heavy atom. The molecule has 0 amide bonds. The lowest BCUT2D eigenvalue weighted by Gasteiger charge is -2.20. The van der Waals surface area contributed by atoms with Crippen LogP contribution in [-0.2, 0) is 0 Å². The lowest BCUT2D eigenvalue weighted by atomic mass is 10.00. The average Bonchev–Trinajstić information content (AvgIpc) is 2.17. The summed E-state index contributed by atoms with van der Waals surface area (Å²) in [5.74, 6) is 0. The Kier molecular flexibility index (Phi) is 4.30. The van der Waals surface area contributed by atoms with E-state index in [4.69, 9.17) is 5.11 Å². The Morgan fingerprint density at radius 3 is 2.47 bits per heavy atom. The van der Waals surface area contributed by atoms with Gasteiger partial charge in [0.1, 0.15) is 0 Å². The number of benzene rings is 1. The van der Waals surface area contributed by atoms with E-state index in [1.54, 1.807) is 0 Å². The van der Waals surface area contributed by atoms with E-state index < -0.39 is 0 Å². The molecule has 84 valence electrons. The summed E-state index contributed by atoms with van der Waals surface area (Å²) in [6.45, 7) is 8.52. The fourth-order valence-corrected chi connectivity index (χ4v) is 1.88. The van der Waals surface area contributed by atoms with Gasteiger partial charge in [0.05, 0.1) is 6.61 Å². The van der Waals surface area contributed by atoms with Crippen LogP contribution in [0.3, 0.4) is 0 Å². The van der Waals surface area contributed by atoms with Crippen LogP contribution in [0.4, 0.5) is 0 Å². The minimum absolute atomic E-state index is 0.140. The van der Waals surface area contributed by atoms with Crippen molar-refractivity contribution in [3.05, 3.63) is 34.9 Å². The van der Waals surface area contributed by atoms with Crippen molar-refractivity contribution in [1.82, 2.24) is 5.32 Å². The standard InChI is InChI=1S/C13H21NO/c1-9-5-6-13(10(2)7-9)12(4)14-11(3)8-15/h5-7,11-12,14-15H,8H2,1-4H3. The monoisotopic (exact) mass is 207 g/mol. The highest BCUT2D eigenvalue weighted by Crippen LogP contribution is 2.18. The van der Waals surface area contributed by atoms with Gasteiger partial charge in [0.15, 0.2) is 0 Å². The maximum atomic E-state index is 8.98.